The zero-order valence-corrected chi connectivity index (χ0v) is 12.8. The van der Waals surface area contributed by atoms with Gasteiger partial charge in [0.2, 0.25) is 5.91 Å². The molecule has 106 valence electrons. The summed E-state index contributed by atoms with van der Waals surface area (Å²) in [5.41, 5.74) is 1.50. The first kappa shape index (κ1) is 13.5. The van der Waals surface area contributed by atoms with Gasteiger partial charge in [0.15, 0.2) is 0 Å². The number of hydrogen-bond acceptors (Lipinski definition) is 1. The van der Waals surface area contributed by atoms with E-state index in [-0.39, 0.29) is 16.9 Å². The maximum absolute atomic E-state index is 12.6. The molecule has 20 heavy (non-hydrogen) atoms. The molecule has 0 saturated heterocycles. The van der Waals surface area contributed by atoms with E-state index in [2.05, 4.69) is 10.3 Å². The SMILES string of the molecule is CC(C)(C)NC(=O)C1(c2c[nH]c3ccc(Cl)cc23)CC1. The number of carbonyl (C=O) groups is 1. The maximum Gasteiger partial charge on any atom is 0.231 e. The van der Waals surface area contributed by atoms with Crippen LogP contribution in [-0.4, -0.2) is 16.4 Å². The molecule has 0 spiro atoms. The van der Waals surface area contributed by atoms with Gasteiger partial charge < -0.3 is 10.3 Å². The van der Waals surface area contributed by atoms with Crippen molar-refractivity contribution in [1.29, 1.82) is 0 Å². The standard InChI is InChI=1S/C16H19ClN2O/c1-15(2,3)19-14(20)16(6-7-16)12-9-18-13-5-4-10(17)8-11(12)13/h4-5,8-9,18H,6-7H2,1-3H3,(H,19,20). The van der Waals surface area contributed by atoms with E-state index in [0.29, 0.717) is 5.02 Å². The average Bonchev–Trinajstić information content (AvgIpc) is 3.03. The van der Waals surface area contributed by atoms with Crippen LogP contribution in [0.25, 0.3) is 10.9 Å². The summed E-state index contributed by atoms with van der Waals surface area (Å²) in [7, 11) is 0. The van der Waals surface area contributed by atoms with Crippen molar-refractivity contribution < 1.29 is 4.79 Å². The van der Waals surface area contributed by atoms with E-state index in [1.54, 1.807) is 0 Å². The molecule has 3 nitrogen and oxygen atoms in total. The normalized spacial score (nSPS) is 17.2. The van der Waals surface area contributed by atoms with Gasteiger partial charge in [0.1, 0.15) is 0 Å². The minimum absolute atomic E-state index is 0.117. The number of rotatable bonds is 2. The Kier molecular flexibility index (Phi) is 2.87. The Morgan fingerprint density at radius 1 is 1.35 bits per heavy atom. The van der Waals surface area contributed by atoms with Crippen LogP contribution < -0.4 is 5.32 Å². The van der Waals surface area contributed by atoms with E-state index in [4.69, 9.17) is 11.6 Å². The molecule has 1 aromatic carbocycles. The predicted molar refractivity (Wildman–Crippen MR) is 82.1 cm³/mol. The van der Waals surface area contributed by atoms with Gasteiger partial charge in [0.25, 0.3) is 0 Å². The Labute approximate surface area is 123 Å². The van der Waals surface area contributed by atoms with Crippen molar-refractivity contribution >= 4 is 28.4 Å². The van der Waals surface area contributed by atoms with Crippen LogP contribution in [-0.2, 0) is 10.2 Å². The molecule has 3 rings (SSSR count). The van der Waals surface area contributed by atoms with Gasteiger partial charge in [-0.05, 0) is 57.4 Å². The second-order valence-electron chi connectivity index (χ2n) is 6.68. The highest BCUT2D eigenvalue weighted by molar-refractivity contribution is 6.31. The number of amides is 1. The van der Waals surface area contributed by atoms with Crippen LogP contribution >= 0.6 is 11.6 Å². The van der Waals surface area contributed by atoms with Crippen molar-refractivity contribution in [1.82, 2.24) is 10.3 Å². The van der Waals surface area contributed by atoms with Gasteiger partial charge in [-0.1, -0.05) is 11.6 Å². The molecule has 4 heteroatoms. The summed E-state index contributed by atoms with van der Waals surface area (Å²) in [6.45, 7) is 6.02. The highest BCUT2D eigenvalue weighted by Crippen LogP contribution is 2.51. The second kappa shape index (κ2) is 4.26. The fourth-order valence-corrected chi connectivity index (χ4v) is 2.86. The van der Waals surface area contributed by atoms with Crippen molar-refractivity contribution in [2.24, 2.45) is 0 Å². The summed E-state index contributed by atoms with van der Waals surface area (Å²) in [4.78, 5) is 15.9. The molecule has 0 bridgehead atoms. The Morgan fingerprint density at radius 3 is 2.65 bits per heavy atom. The molecular formula is C16H19ClN2O. The average molecular weight is 291 g/mol. The van der Waals surface area contributed by atoms with Crippen LogP contribution in [0.2, 0.25) is 5.02 Å². The van der Waals surface area contributed by atoms with Gasteiger partial charge in [-0.2, -0.15) is 0 Å². The zero-order chi connectivity index (χ0) is 14.5. The van der Waals surface area contributed by atoms with Gasteiger partial charge >= 0.3 is 0 Å². The van der Waals surface area contributed by atoms with Crippen LogP contribution in [0.5, 0.6) is 0 Å². The van der Waals surface area contributed by atoms with E-state index in [9.17, 15) is 4.79 Å². The number of H-pyrrole nitrogens is 1. The van der Waals surface area contributed by atoms with Crippen molar-refractivity contribution in [2.45, 2.75) is 44.6 Å². The molecule has 1 fully saturated rings. The molecule has 2 aromatic rings. The highest BCUT2D eigenvalue weighted by Gasteiger charge is 2.53. The lowest BCUT2D eigenvalue weighted by molar-refractivity contribution is -0.125. The fourth-order valence-electron chi connectivity index (χ4n) is 2.69. The van der Waals surface area contributed by atoms with E-state index in [1.807, 2.05) is 45.2 Å². The highest BCUT2D eigenvalue weighted by atomic mass is 35.5. The Bertz CT molecular complexity index is 677. The first-order valence-electron chi connectivity index (χ1n) is 6.92. The third kappa shape index (κ3) is 2.20. The molecule has 0 atom stereocenters. The summed E-state index contributed by atoms with van der Waals surface area (Å²) in [5.74, 6) is 0.117. The molecule has 1 aliphatic carbocycles. The molecule has 0 unspecified atom stereocenters. The van der Waals surface area contributed by atoms with Crippen LogP contribution in [0.1, 0.15) is 39.2 Å². The largest absolute Gasteiger partial charge is 0.361 e. The third-order valence-corrected chi connectivity index (χ3v) is 4.07. The fraction of sp³-hybridized carbons (Fsp3) is 0.438. The molecule has 2 N–H and O–H groups in total. The number of fused-ring (bicyclic) bond motifs is 1. The first-order chi connectivity index (χ1) is 9.32. The van der Waals surface area contributed by atoms with Gasteiger partial charge in [0.05, 0.1) is 5.41 Å². The number of halogens is 1. The first-order valence-corrected chi connectivity index (χ1v) is 7.29. The van der Waals surface area contributed by atoms with Crippen LogP contribution in [0.4, 0.5) is 0 Å². The lowest BCUT2D eigenvalue weighted by Crippen LogP contribution is -2.45. The number of aromatic nitrogens is 1. The quantitative estimate of drug-likeness (QED) is 0.869. The van der Waals surface area contributed by atoms with Crippen molar-refractivity contribution in [3.8, 4) is 0 Å². The van der Waals surface area contributed by atoms with Gasteiger partial charge in [-0.15, -0.1) is 0 Å². The second-order valence-corrected chi connectivity index (χ2v) is 7.11. The molecule has 1 heterocycles. The van der Waals surface area contributed by atoms with Gasteiger partial charge in [0, 0.05) is 27.7 Å². The predicted octanol–water partition coefficient (Wildman–Crippen LogP) is 3.77. The van der Waals surface area contributed by atoms with Crippen LogP contribution in [0, 0.1) is 0 Å². The number of benzene rings is 1. The Balaban J connectivity index is 2.02. The molecule has 0 aliphatic heterocycles. The number of hydrogen-bond donors (Lipinski definition) is 2. The van der Waals surface area contributed by atoms with E-state index in [0.717, 1.165) is 29.3 Å². The molecule has 1 aromatic heterocycles. The third-order valence-electron chi connectivity index (χ3n) is 3.83. The minimum Gasteiger partial charge on any atom is -0.361 e. The van der Waals surface area contributed by atoms with Gasteiger partial charge in [-0.25, -0.2) is 0 Å². The molecular weight excluding hydrogens is 272 g/mol. The zero-order valence-electron chi connectivity index (χ0n) is 12.0. The van der Waals surface area contributed by atoms with E-state index < -0.39 is 0 Å². The summed E-state index contributed by atoms with van der Waals surface area (Å²) < 4.78 is 0. The number of nitrogens with one attached hydrogen (secondary N) is 2. The van der Waals surface area contributed by atoms with Gasteiger partial charge in [-0.3, -0.25) is 4.79 Å². The summed E-state index contributed by atoms with van der Waals surface area (Å²) in [6.07, 6.45) is 3.75. The molecule has 1 aliphatic rings. The molecule has 1 saturated carbocycles. The van der Waals surface area contributed by atoms with Crippen molar-refractivity contribution in [3.05, 3.63) is 35.0 Å². The minimum atomic E-state index is -0.379. The summed E-state index contributed by atoms with van der Waals surface area (Å²) >= 11 is 6.09. The van der Waals surface area contributed by atoms with E-state index >= 15 is 0 Å². The summed E-state index contributed by atoms with van der Waals surface area (Å²) in [5, 5.41) is 4.86. The lowest BCUT2D eigenvalue weighted by atomic mass is 9.93. The monoisotopic (exact) mass is 290 g/mol. The van der Waals surface area contributed by atoms with Crippen molar-refractivity contribution in [3.63, 3.8) is 0 Å². The topological polar surface area (TPSA) is 44.9 Å². The molecule has 1 amide bonds. The Morgan fingerprint density at radius 2 is 2.05 bits per heavy atom. The smallest absolute Gasteiger partial charge is 0.231 e. The van der Waals surface area contributed by atoms with Crippen LogP contribution in [0.15, 0.2) is 24.4 Å². The Hall–Kier alpha value is -1.48. The number of carbonyl (C=O) groups excluding carboxylic acids is 1. The number of aromatic amines is 1. The van der Waals surface area contributed by atoms with E-state index in [1.165, 1.54) is 0 Å². The lowest BCUT2D eigenvalue weighted by Gasteiger charge is -2.24. The summed E-state index contributed by atoms with van der Waals surface area (Å²) in [6, 6.07) is 5.75. The van der Waals surface area contributed by atoms with Crippen molar-refractivity contribution in [2.75, 3.05) is 0 Å². The molecule has 0 radical (unpaired) electrons. The van der Waals surface area contributed by atoms with Crippen LogP contribution in [0.3, 0.4) is 0 Å². The maximum atomic E-state index is 12.6.